The highest BCUT2D eigenvalue weighted by atomic mass is 32.2. The van der Waals surface area contributed by atoms with Gasteiger partial charge >= 0.3 is 6.09 Å². The van der Waals surface area contributed by atoms with Gasteiger partial charge in [-0.25, -0.2) is 4.79 Å². The minimum Gasteiger partial charge on any atom is -0.444 e. The zero-order valence-electron chi connectivity index (χ0n) is 19.6. The summed E-state index contributed by atoms with van der Waals surface area (Å²) < 4.78 is 4.84. The van der Waals surface area contributed by atoms with Gasteiger partial charge < -0.3 is 15.0 Å². The number of anilines is 1. The van der Waals surface area contributed by atoms with E-state index in [0.29, 0.717) is 4.91 Å². The molecule has 0 saturated carbocycles. The number of hydrogen-bond donors (Lipinski definition) is 2. The highest BCUT2D eigenvalue weighted by Crippen LogP contribution is 2.33. The molecule has 3 rings (SSSR count). The molecule has 2 aliphatic rings. The van der Waals surface area contributed by atoms with Crippen molar-refractivity contribution in [3.8, 4) is 0 Å². The number of carbonyl (C=O) groups excluding carboxylic acids is 3. The summed E-state index contributed by atoms with van der Waals surface area (Å²) in [6.45, 7) is 13.7. The third-order valence-corrected chi connectivity index (χ3v) is 5.03. The van der Waals surface area contributed by atoms with E-state index in [1.165, 1.54) is 31.1 Å². The van der Waals surface area contributed by atoms with Gasteiger partial charge in [0, 0.05) is 25.8 Å². The number of thioether (sulfide) groups is 1. The van der Waals surface area contributed by atoms with Crippen LogP contribution >= 0.6 is 11.8 Å². The fourth-order valence-electron chi connectivity index (χ4n) is 3.06. The highest BCUT2D eigenvalue weighted by molar-refractivity contribution is 8.18. The molecular weight excluding hydrogens is 414 g/mol. The number of imide groups is 1. The molecule has 2 aliphatic heterocycles. The molecule has 0 aliphatic carbocycles. The lowest BCUT2D eigenvalue weighted by molar-refractivity contribution is -0.115. The second-order valence-corrected chi connectivity index (χ2v) is 8.83. The Balaban J connectivity index is 0.000000372. The lowest BCUT2D eigenvalue weighted by atomic mass is 10.1. The van der Waals surface area contributed by atoms with Gasteiger partial charge in [0.2, 0.25) is 0 Å². The van der Waals surface area contributed by atoms with Crippen LogP contribution in [0.2, 0.25) is 0 Å². The van der Waals surface area contributed by atoms with E-state index in [1.54, 1.807) is 0 Å². The quantitative estimate of drug-likeness (QED) is 0.612. The number of hydrogen-bond acceptors (Lipinski definition) is 6. The predicted molar refractivity (Wildman–Crippen MR) is 128 cm³/mol. The number of amides is 3. The van der Waals surface area contributed by atoms with Crippen LogP contribution in [0.3, 0.4) is 0 Å². The van der Waals surface area contributed by atoms with Crippen molar-refractivity contribution in [1.29, 1.82) is 0 Å². The Kier molecular flexibility index (Phi) is 10.6. The fourth-order valence-corrected chi connectivity index (χ4v) is 3.74. The Labute approximate surface area is 190 Å². The summed E-state index contributed by atoms with van der Waals surface area (Å²) in [5.74, 6) is -0.297. The molecule has 2 fully saturated rings. The summed E-state index contributed by atoms with van der Waals surface area (Å²) in [4.78, 5) is 36.2. The van der Waals surface area contributed by atoms with Crippen LogP contribution in [0.5, 0.6) is 0 Å². The lowest BCUT2D eigenvalue weighted by Gasteiger charge is -2.22. The van der Waals surface area contributed by atoms with E-state index in [9.17, 15) is 14.4 Å². The van der Waals surface area contributed by atoms with Crippen molar-refractivity contribution < 1.29 is 19.1 Å². The molecule has 2 heterocycles. The minimum absolute atomic E-state index is 0.295. The van der Waals surface area contributed by atoms with Crippen LogP contribution in [0.25, 0.3) is 6.08 Å². The predicted octanol–water partition coefficient (Wildman–Crippen LogP) is 5.09. The molecule has 2 N–H and O–H groups in total. The average Bonchev–Trinajstić information content (AvgIpc) is 3.32. The molecular formula is C23H35N3O4S. The zero-order valence-corrected chi connectivity index (χ0v) is 20.4. The first-order valence-electron chi connectivity index (χ1n) is 10.6. The summed E-state index contributed by atoms with van der Waals surface area (Å²) in [5.41, 5.74) is 3.01. The number of benzene rings is 1. The largest absolute Gasteiger partial charge is 0.444 e. The number of nitrogens with one attached hydrogen (secondary N) is 2. The minimum atomic E-state index is -0.389. The molecule has 0 bridgehead atoms. The molecule has 2 saturated heterocycles. The van der Waals surface area contributed by atoms with Crippen molar-refractivity contribution in [1.82, 2.24) is 10.6 Å². The number of alkyl carbamates (subject to hydrolysis) is 1. The van der Waals surface area contributed by atoms with Crippen molar-refractivity contribution >= 4 is 40.8 Å². The van der Waals surface area contributed by atoms with Gasteiger partial charge in [-0.15, -0.1) is 0 Å². The Morgan fingerprint density at radius 2 is 1.81 bits per heavy atom. The van der Waals surface area contributed by atoms with Crippen molar-refractivity contribution in [3.63, 3.8) is 0 Å². The van der Waals surface area contributed by atoms with E-state index < -0.39 is 0 Å². The number of rotatable bonds is 2. The molecule has 0 aromatic heterocycles. The molecule has 31 heavy (non-hydrogen) atoms. The normalized spacial score (nSPS) is 16.7. The van der Waals surface area contributed by atoms with Crippen LogP contribution in [0.4, 0.5) is 15.3 Å². The molecule has 0 atom stereocenters. The van der Waals surface area contributed by atoms with Crippen molar-refractivity contribution in [2.75, 3.05) is 25.0 Å². The third kappa shape index (κ3) is 8.65. The smallest absolute Gasteiger partial charge is 0.407 e. The fraction of sp³-hybridized carbons (Fsp3) is 0.522. The number of aryl methyl sites for hydroxylation is 1. The van der Waals surface area contributed by atoms with Gasteiger partial charge in [0.05, 0.1) is 4.91 Å². The molecule has 0 radical (unpaired) electrons. The van der Waals surface area contributed by atoms with E-state index in [1.807, 2.05) is 52.8 Å². The summed E-state index contributed by atoms with van der Waals surface area (Å²) >= 11 is 0.969. The van der Waals surface area contributed by atoms with Crippen LogP contribution in [0, 0.1) is 6.92 Å². The van der Waals surface area contributed by atoms with Crippen LogP contribution in [-0.2, 0) is 9.53 Å². The molecule has 7 nitrogen and oxygen atoms in total. The van der Waals surface area contributed by atoms with Gasteiger partial charge in [-0.2, -0.15) is 0 Å². The standard InChI is InChI=1S/C15H16N2O2S.C6H13NO2.C2H6/c1-10-5-4-6-11(13(10)17-7-2-3-8-17)9-12-14(18)16-15(19)20-12;1-6(2,3)9-5(8)7-4;1-2/h4-6,9H,2-3,7-8H2,1H3,(H,16,18,19);1-4H3,(H,7,8);1-2H3/b12-9-;;. The van der Waals surface area contributed by atoms with Gasteiger partial charge in [0.25, 0.3) is 11.1 Å². The van der Waals surface area contributed by atoms with Crippen LogP contribution < -0.4 is 15.5 Å². The summed E-state index contributed by atoms with van der Waals surface area (Å²) in [7, 11) is 1.54. The SMILES string of the molecule is CC.CNC(=O)OC(C)(C)C.Cc1cccc(/C=C2\SC(=O)NC2=O)c1N1CCCC1. The van der Waals surface area contributed by atoms with Crippen LogP contribution in [-0.4, -0.2) is 43.0 Å². The second kappa shape index (κ2) is 12.4. The number of ether oxygens (including phenoxy) is 1. The Morgan fingerprint density at radius 1 is 1.19 bits per heavy atom. The van der Waals surface area contributed by atoms with E-state index >= 15 is 0 Å². The molecule has 1 aromatic carbocycles. The first-order chi connectivity index (χ1) is 14.6. The van der Waals surface area contributed by atoms with Crippen molar-refractivity contribution in [2.24, 2.45) is 0 Å². The maximum absolute atomic E-state index is 11.7. The third-order valence-electron chi connectivity index (χ3n) is 4.22. The lowest BCUT2D eigenvalue weighted by Crippen LogP contribution is -2.30. The Hall–Kier alpha value is -2.48. The molecule has 172 valence electrons. The van der Waals surface area contributed by atoms with E-state index in [2.05, 4.69) is 28.5 Å². The molecule has 0 spiro atoms. The van der Waals surface area contributed by atoms with Gasteiger partial charge in [-0.1, -0.05) is 32.0 Å². The maximum Gasteiger partial charge on any atom is 0.407 e. The zero-order chi connectivity index (χ0) is 23.6. The molecule has 0 unspecified atom stereocenters. The topological polar surface area (TPSA) is 87.7 Å². The Bertz CT molecular complexity index is 810. The van der Waals surface area contributed by atoms with E-state index in [4.69, 9.17) is 4.74 Å². The number of carbonyl (C=O) groups is 3. The van der Waals surface area contributed by atoms with Crippen molar-refractivity contribution in [3.05, 3.63) is 34.2 Å². The van der Waals surface area contributed by atoms with Gasteiger partial charge in [0.15, 0.2) is 0 Å². The average molecular weight is 450 g/mol. The molecule has 8 heteroatoms. The first-order valence-corrected chi connectivity index (χ1v) is 11.4. The highest BCUT2D eigenvalue weighted by Gasteiger charge is 2.26. The molecule has 1 aromatic rings. The maximum atomic E-state index is 11.7. The Morgan fingerprint density at radius 3 is 2.26 bits per heavy atom. The van der Waals surface area contributed by atoms with E-state index in [0.717, 1.165) is 30.4 Å². The first kappa shape index (κ1) is 26.6. The van der Waals surface area contributed by atoms with Crippen LogP contribution in [0.15, 0.2) is 23.1 Å². The van der Waals surface area contributed by atoms with Gasteiger partial charge in [-0.05, 0) is 69.5 Å². The van der Waals surface area contributed by atoms with Gasteiger partial charge in [-0.3, -0.25) is 14.9 Å². The summed E-state index contributed by atoms with van der Waals surface area (Å²) in [6, 6.07) is 6.08. The molecule has 3 amide bonds. The summed E-state index contributed by atoms with van der Waals surface area (Å²) in [6.07, 6.45) is 3.85. The number of para-hydroxylation sites is 1. The van der Waals surface area contributed by atoms with Crippen LogP contribution in [0.1, 0.15) is 58.6 Å². The second-order valence-electron chi connectivity index (χ2n) is 7.81. The number of nitrogens with zero attached hydrogens (tertiary/aromatic N) is 1. The van der Waals surface area contributed by atoms with Crippen molar-refractivity contribution in [2.45, 2.75) is 60.0 Å². The van der Waals surface area contributed by atoms with E-state index in [-0.39, 0.29) is 22.8 Å². The summed E-state index contributed by atoms with van der Waals surface area (Å²) in [5, 5.41) is 4.36. The van der Waals surface area contributed by atoms with Gasteiger partial charge in [0.1, 0.15) is 5.60 Å². The monoisotopic (exact) mass is 449 g/mol.